The minimum absolute atomic E-state index is 0. The molecule has 10 nitrogen and oxygen atoms in total. The summed E-state index contributed by atoms with van der Waals surface area (Å²) in [6.07, 6.45) is 23.4. The number of hydrogen-bond acceptors (Lipinski definition) is 20. The standard InChI is InChI=1S/C22H28O2S4.C22H28O2S2.C21H26O2S3.C16H24O2S2.C15H22O2S2.2Na/c23-22(24)14-8-7-13-21(28-27-18-20-11-5-2-6-12-20)15-16-25-26-17-19-9-3-1-4-10-19;23-22(24)14-8-7-13-21(26-18-20-11-5-2-6-12-20)15-16-25-17-19-9-3-1-4-10-19;22-21(23)14-8-7-11-19(24-17-18-9-3-1-4-10-18)15-16-25-26-20-12-5-2-6-13-20;1-19-15(9-5-6-10-16(17)18)11-12-20-13-14-7-3-2-4-8-14;16-15(17)9-5-4-8-14(10-11-18)19-12-13-6-2-1-3-7-13;;/h1-6,9-12,21H,7-8,13-18H2,(H,23,24);1-6,9-12,21H,7-8,13-18H2,(H,23,24);1-6,9-10,12-13,19H,7-8,11,14-17H2,(H,22,23);2-4,7-8,15H,5-6,9-13H2,1H3,(H,17,18);1-3,6-7,14,18H,4-5,8-12H2,(H,16,17);;/q;;;;;2*+1/p-2. The van der Waals surface area contributed by atoms with Crippen LogP contribution in [0.25, 0.3) is 0 Å². The van der Waals surface area contributed by atoms with Gasteiger partial charge in [0.15, 0.2) is 0 Å². The molecule has 0 saturated carbocycles. The molecule has 0 aliphatic rings. The number of carbonyl (C=O) groups is 5. The van der Waals surface area contributed by atoms with E-state index in [1.54, 1.807) is 0 Å². The molecular weight excluding hydrogens is 1780 g/mol. The topological polar surface area (TPSA) is 192 Å². The SMILES string of the molecule is CSC(CCCCC(=O)[O-])CCSCc1ccccc1.O=C(O)CCCCC(CCS)SCc1ccccc1.O=C(O)CCCCC(CCSSCc1ccccc1)SSCc1ccccc1.O=C(O)CCCCC(CCSSc1ccccc1)SCc1ccccc1.O=C([O-])CCCCC(CCSCc1ccccc1)SCc1ccccc1.[Na+].[Na+]. The number of rotatable bonds is 62. The fraction of sp³-hybridized carbons (Fsp3) is 0.448. The Bertz CT molecular complexity index is 3630. The van der Waals surface area contributed by atoms with Gasteiger partial charge in [0.1, 0.15) is 0 Å². The molecule has 650 valence electrons. The van der Waals surface area contributed by atoms with Gasteiger partial charge in [-0.25, -0.2) is 0 Å². The summed E-state index contributed by atoms with van der Waals surface area (Å²) >= 11 is 16.1. The van der Waals surface area contributed by atoms with Crippen LogP contribution >= 0.6 is 148 Å². The Morgan fingerprint density at radius 2 is 0.570 bits per heavy atom. The molecule has 0 spiro atoms. The summed E-state index contributed by atoms with van der Waals surface area (Å²) in [5, 5.41) is 50.2. The number of hydrogen-bond donors (Lipinski definition) is 4. The minimum Gasteiger partial charge on any atom is -0.550 e. The second-order valence-electron chi connectivity index (χ2n) is 28.3. The third-order valence-electron chi connectivity index (χ3n) is 18.3. The molecule has 5 unspecified atom stereocenters. The monoisotopic (exact) mass is 1900 g/mol. The number of benzene rings is 8. The molecule has 25 heteroatoms. The van der Waals surface area contributed by atoms with E-state index in [2.05, 4.69) is 237 Å². The smallest absolute Gasteiger partial charge is 0.550 e. The van der Waals surface area contributed by atoms with Crippen molar-refractivity contribution >= 4 is 178 Å². The second-order valence-corrected chi connectivity index (χ2v) is 43.7. The molecule has 0 bridgehead atoms. The molecule has 0 aliphatic heterocycles. The van der Waals surface area contributed by atoms with Gasteiger partial charge in [-0.2, -0.15) is 83.2 Å². The predicted octanol–water partition coefficient (Wildman–Crippen LogP) is 20.9. The van der Waals surface area contributed by atoms with Crippen molar-refractivity contribution in [1.29, 1.82) is 0 Å². The van der Waals surface area contributed by atoms with Crippen LogP contribution in [-0.2, 0) is 64.2 Å². The molecule has 5 atom stereocenters. The summed E-state index contributed by atoms with van der Waals surface area (Å²) in [6.45, 7) is 0. The number of carboxylic acids is 5. The van der Waals surface area contributed by atoms with E-state index in [4.69, 9.17) is 15.3 Å². The van der Waals surface area contributed by atoms with Gasteiger partial charge in [0.25, 0.3) is 0 Å². The van der Waals surface area contributed by atoms with Crippen molar-refractivity contribution in [2.45, 2.75) is 232 Å². The zero-order valence-corrected chi connectivity index (χ0v) is 85.9. The maximum atomic E-state index is 10.7. The first-order valence-electron chi connectivity index (χ1n) is 41.5. The van der Waals surface area contributed by atoms with Gasteiger partial charge in [-0.3, -0.25) is 14.4 Å². The van der Waals surface area contributed by atoms with E-state index < -0.39 is 29.8 Å². The molecule has 0 radical (unpaired) electrons. The Kier molecular flexibility index (Phi) is 76.7. The van der Waals surface area contributed by atoms with Gasteiger partial charge in [-0.15, -0.1) is 0 Å². The Morgan fingerprint density at radius 3 is 0.909 bits per heavy atom. The van der Waals surface area contributed by atoms with E-state index in [1.807, 2.05) is 160 Å². The van der Waals surface area contributed by atoms with Crippen LogP contribution in [0, 0.1) is 0 Å². The van der Waals surface area contributed by atoms with E-state index in [9.17, 15) is 34.2 Å². The van der Waals surface area contributed by atoms with Gasteiger partial charge < -0.3 is 35.1 Å². The van der Waals surface area contributed by atoms with Crippen LogP contribution in [0.5, 0.6) is 0 Å². The van der Waals surface area contributed by atoms with Gasteiger partial charge in [0.05, 0.1) is 0 Å². The quantitative estimate of drug-likeness (QED) is 0.0122. The van der Waals surface area contributed by atoms with Gasteiger partial charge in [-0.1, -0.05) is 327 Å². The number of aliphatic carboxylic acids is 5. The largest absolute Gasteiger partial charge is 1.00 e. The van der Waals surface area contributed by atoms with Crippen molar-refractivity contribution in [1.82, 2.24) is 0 Å². The fourth-order valence-corrected chi connectivity index (χ4v) is 26.5. The van der Waals surface area contributed by atoms with Gasteiger partial charge in [-0.05, 0) is 184 Å². The fourth-order valence-electron chi connectivity index (χ4n) is 11.7. The molecule has 8 aromatic rings. The molecular formula is C96H126Na2O10S13. The van der Waals surface area contributed by atoms with Crippen LogP contribution in [-0.4, -0.2) is 106 Å². The number of carboxylic acid groups (broad SMARTS) is 5. The van der Waals surface area contributed by atoms with Crippen molar-refractivity contribution < 1.29 is 109 Å². The summed E-state index contributed by atoms with van der Waals surface area (Å²) in [7, 11) is 11.5. The van der Waals surface area contributed by atoms with Crippen LogP contribution < -0.4 is 69.3 Å². The Labute approximate surface area is 825 Å². The molecule has 0 aromatic heterocycles. The third kappa shape index (κ3) is 68.4. The Balaban J connectivity index is 0.000000514. The second kappa shape index (κ2) is 80.9. The summed E-state index contributed by atoms with van der Waals surface area (Å²) in [6, 6.07) is 84.4. The van der Waals surface area contributed by atoms with E-state index in [1.165, 1.54) is 68.9 Å². The molecule has 0 aliphatic carbocycles. The van der Waals surface area contributed by atoms with E-state index in [0.717, 1.165) is 172 Å². The van der Waals surface area contributed by atoms with Crippen LogP contribution in [0.4, 0.5) is 0 Å². The van der Waals surface area contributed by atoms with Crippen LogP contribution in [0.3, 0.4) is 0 Å². The Hall–Kier alpha value is -2.34. The molecule has 0 fully saturated rings. The van der Waals surface area contributed by atoms with Crippen LogP contribution in [0.2, 0.25) is 0 Å². The molecule has 121 heavy (non-hydrogen) atoms. The van der Waals surface area contributed by atoms with Gasteiger partial charge >= 0.3 is 77.0 Å². The number of thiol groups is 1. The first-order valence-corrected chi connectivity index (χ1v) is 56.1. The van der Waals surface area contributed by atoms with Gasteiger partial charge in [0, 0.05) is 114 Å². The molecule has 0 heterocycles. The predicted molar refractivity (Wildman–Crippen MR) is 533 cm³/mol. The van der Waals surface area contributed by atoms with Crippen molar-refractivity contribution in [3.05, 3.63) is 282 Å². The zero-order valence-electron chi connectivity index (χ0n) is 71.2. The van der Waals surface area contributed by atoms with Crippen molar-refractivity contribution in [2.75, 3.05) is 35.0 Å². The number of thioether (sulfide) groups is 6. The van der Waals surface area contributed by atoms with Crippen molar-refractivity contribution in [2.24, 2.45) is 0 Å². The number of carbonyl (C=O) groups excluding carboxylic acids is 2. The first kappa shape index (κ1) is 115. The number of unbranched alkanes of at least 4 members (excludes halogenated alkanes) is 5. The normalized spacial score (nSPS) is 11.9. The minimum atomic E-state index is -0.933. The van der Waals surface area contributed by atoms with Crippen LogP contribution in [0.1, 0.15) is 199 Å². The summed E-state index contributed by atoms with van der Waals surface area (Å²) in [5.74, 6) is 8.81. The molecule has 8 aromatic carbocycles. The average molecular weight is 1900 g/mol. The molecule has 0 amide bonds. The van der Waals surface area contributed by atoms with E-state index in [-0.39, 0.29) is 91.2 Å². The van der Waals surface area contributed by atoms with Crippen LogP contribution in [0.15, 0.2) is 248 Å². The van der Waals surface area contributed by atoms with Crippen molar-refractivity contribution in [3.63, 3.8) is 0 Å². The first-order chi connectivity index (χ1) is 58.2. The summed E-state index contributed by atoms with van der Waals surface area (Å²) in [4.78, 5) is 54.1. The summed E-state index contributed by atoms with van der Waals surface area (Å²) < 4.78 is 0. The summed E-state index contributed by atoms with van der Waals surface area (Å²) in [5.41, 5.74) is 9.55. The third-order valence-corrected chi connectivity index (χ3v) is 33.9. The van der Waals surface area contributed by atoms with E-state index in [0.29, 0.717) is 26.2 Å². The van der Waals surface area contributed by atoms with Gasteiger partial charge in [0.2, 0.25) is 0 Å². The molecule has 0 saturated heterocycles. The van der Waals surface area contributed by atoms with Crippen molar-refractivity contribution in [3.8, 4) is 0 Å². The average Bonchev–Trinajstić information content (AvgIpc) is 0.937. The maximum Gasteiger partial charge on any atom is 1.00 e. The maximum absolute atomic E-state index is 10.7. The zero-order chi connectivity index (χ0) is 85.3. The molecule has 8 rings (SSSR count). The Morgan fingerprint density at radius 1 is 0.298 bits per heavy atom. The van der Waals surface area contributed by atoms with E-state index >= 15 is 0 Å². The molecule has 3 N–H and O–H groups in total.